The molecule has 0 saturated carbocycles. The Morgan fingerprint density at radius 3 is 2.70 bits per heavy atom. The van der Waals surface area contributed by atoms with E-state index in [1.165, 1.54) is 0 Å². The normalized spacial score (nSPS) is 13.2. The summed E-state index contributed by atoms with van der Waals surface area (Å²) in [6, 6.07) is 11.5. The van der Waals surface area contributed by atoms with Gasteiger partial charge in [0.1, 0.15) is 0 Å². The summed E-state index contributed by atoms with van der Waals surface area (Å²) in [5.74, 6) is -0.350. The van der Waals surface area contributed by atoms with E-state index < -0.39 is 0 Å². The maximum atomic E-state index is 11.7. The number of nitrogens with zero attached hydrogens (tertiary/aromatic N) is 1. The Bertz CT molecular complexity index is 442. The molecule has 0 saturated heterocycles. The van der Waals surface area contributed by atoms with Crippen LogP contribution in [-0.2, 0) is 9.53 Å². The highest BCUT2D eigenvalue weighted by Crippen LogP contribution is 2.13. The first-order chi connectivity index (χ1) is 9.69. The summed E-state index contributed by atoms with van der Waals surface area (Å²) in [6.45, 7) is 3.20. The lowest BCUT2D eigenvalue weighted by Gasteiger charge is -2.16. The van der Waals surface area contributed by atoms with E-state index in [2.05, 4.69) is 16.7 Å². The summed E-state index contributed by atoms with van der Waals surface area (Å²) in [5.41, 5.74) is 0.953. The second-order valence-electron chi connectivity index (χ2n) is 4.51. The van der Waals surface area contributed by atoms with Gasteiger partial charge in [-0.1, -0.05) is 30.3 Å². The summed E-state index contributed by atoms with van der Waals surface area (Å²) in [7, 11) is 1.59. The van der Waals surface area contributed by atoms with Crippen molar-refractivity contribution in [3.63, 3.8) is 0 Å². The molecule has 5 heteroatoms. The van der Waals surface area contributed by atoms with E-state index in [0.29, 0.717) is 19.7 Å². The molecule has 5 nitrogen and oxygen atoms in total. The van der Waals surface area contributed by atoms with Gasteiger partial charge in [-0.25, -0.2) is 0 Å². The predicted molar refractivity (Wildman–Crippen MR) is 77.1 cm³/mol. The number of carbonyl (C=O) groups excluding carboxylic acids is 1. The topological polar surface area (TPSA) is 74.2 Å². The van der Waals surface area contributed by atoms with Crippen LogP contribution >= 0.6 is 0 Å². The molecule has 1 aromatic carbocycles. The Hall–Kier alpha value is -1.90. The molecule has 2 N–H and O–H groups in total. The lowest BCUT2D eigenvalue weighted by molar-refractivity contribution is -0.122. The molecule has 1 aromatic rings. The Kier molecular flexibility index (Phi) is 7.33. The molecular weight excluding hydrogens is 254 g/mol. The smallest absolute Gasteiger partial charge is 0.236 e. The molecule has 2 atom stereocenters. The van der Waals surface area contributed by atoms with E-state index in [9.17, 15) is 10.1 Å². The summed E-state index contributed by atoms with van der Waals surface area (Å²) in [6.07, 6.45) is 0. The van der Waals surface area contributed by atoms with Gasteiger partial charge in [0.25, 0.3) is 0 Å². The zero-order valence-electron chi connectivity index (χ0n) is 11.9. The summed E-state index contributed by atoms with van der Waals surface area (Å²) in [4.78, 5) is 11.7. The van der Waals surface area contributed by atoms with Crippen molar-refractivity contribution < 1.29 is 9.53 Å². The predicted octanol–water partition coefficient (Wildman–Crippen LogP) is 1.03. The molecular formula is C15H21N3O2. The molecule has 0 aromatic heterocycles. The molecule has 108 valence electrons. The Balaban J connectivity index is 2.41. The van der Waals surface area contributed by atoms with Gasteiger partial charge >= 0.3 is 0 Å². The van der Waals surface area contributed by atoms with Crippen LogP contribution in [-0.4, -0.2) is 38.8 Å². The van der Waals surface area contributed by atoms with Crippen LogP contribution in [0.15, 0.2) is 30.3 Å². The van der Waals surface area contributed by atoms with Crippen LogP contribution in [0.25, 0.3) is 0 Å². The number of methoxy groups -OCH3 is 1. The molecule has 1 rings (SSSR count). The molecule has 0 aliphatic rings. The van der Waals surface area contributed by atoms with E-state index >= 15 is 0 Å². The molecule has 0 radical (unpaired) electrons. The monoisotopic (exact) mass is 275 g/mol. The zero-order valence-corrected chi connectivity index (χ0v) is 11.9. The number of nitrogens with one attached hydrogen (secondary N) is 2. The van der Waals surface area contributed by atoms with Gasteiger partial charge in [-0.3, -0.25) is 4.79 Å². The maximum Gasteiger partial charge on any atom is 0.236 e. The van der Waals surface area contributed by atoms with Crippen LogP contribution in [0.4, 0.5) is 0 Å². The van der Waals surface area contributed by atoms with Gasteiger partial charge in [-0.15, -0.1) is 0 Å². The number of hydrogen-bond acceptors (Lipinski definition) is 4. The highest BCUT2D eigenvalue weighted by atomic mass is 16.5. The van der Waals surface area contributed by atoms with Crippen molar-refractivity contribution in [2.75, 3.05) is 26.8 Å². The van der Waals surface area contributed by atoms with Crippen molar-refractivity contribution in [2.24, 2.45) is 0 Å². The number of hydrogen-bond donors (Lipinski definition) is 2. The Labute approximate surface area is 119 Å². The average molecular weight is 275 g/mol. The Morgan fingerprint density at radius 2 is 2.10 bits per heavy atom. The average Bonchev–Trinajstić information content (AvgIpc) is 2.49. The lowest BCUT2D eigenvalue weighted by Crippen LogP contribution is -2.44. The fourth-order valence-corrected chi connectivity index (χ4v) is 1.74. The number of rotatable bonds is 8. The van der Waals surface area contributed by atoms with Crippen molar-refractivity contribution in [1.82, 2.24) is 10.6 Å². The third-order valence-electron chi connectivity index (χ3n) is 2.98. The molecule has 0 heterocycles. The van der Waals surface area contributed by atoms with Crippen LogP contribution in [0, 0.1) is 11.3 Å². The number of benzene rings is 1. The minimum absolute atomic E-state index is 0.0909. The standard InChI is InChI=1S/C15H21N3O2/c1-12(15(19)17-8-9-20-2)18-11-14(10-16)13-6-4-3-5-7-13/h3-7,12,14,18H,8-9,11H2,1-2H3,(H,17,19). The Morgan fingerprint density at radius 1 is 1.40 bits per heavy atom. The molecule has 0 bridgehead atoms. The van der Waals surface area contributed by atoms with Gasteiger partial charge in [-0.05, 0) is 12.5 Å². The van der Waals surface area contributed by atoms with Crippen LogP contribution < -0.4 is 10.6 Å². The van der Waals surface area contributed by atoms with Crippen molar-refractivity contribution in [3.8, 4) is 6.07 Å². The first-order valence-electron chi connectivity index (χ1n) is 6.63. The zero-order chi connectivity index (χ0) is 14.8. The van der Waals surface area contributed by atoms with Gasteiger partial charge in [0.05, 0.1) is 24.6 Å². The van der Waals surface area contributed by atoms with Crippen molar-refractivity contribution in [2.45, 2.75) is 18.9 Å². The van der Waals surface area contributed by atoms with Crippen LogP contribution in [0.1, 0.15) is 18.4 Å². The van der Waals surface area contributed by atoms with Gasteiger partial charge in [0, 0.05) is 20.2 Å². The second kappa shape index (κ2) is 9.08. The minimum atomic E-state index is -0.341. The summed E-state index contributed by atoms with van der Waals surface area (Å²) >= 11 is 0. The molecule has 1 amide bonds. The number of nitriles is 1. The highest BCUT2D eigenvalue weighted by Gasteiger charge is 2.15. The van der Waals surface area contributed by atoms with Crippen LogP contribution in [0.3, 0.4) is 0 Å². The summed E-state index contributed by atoms with van der Waals surface area (Å²) in [5, 5.41) is 15.0. The van der Waals surface area contributed by atoms with E-state index in [0.717, 1.165) is 5.56 Å². The van der Waals surface area contributed by atoms with E-state index in [4.69, 9.17) is 4.74 Å². The molecule has 0 spiro atoms. The molecule has 20 heavy (non-hydrogen) atoms. The van der Waals surface area contributed by atoms with Gasteiger partial charge in [-0.2, -0.15) is 5.26 Å². The van der Waals surface area contributed by atoms with Gasteiger partial charge in [0.2, 0.25) is 5.91 Å². The van der Waals surface area contributed by atoms with E-state index in [1.54, 1.807) is 14.0 Å². The number of ether oxygens (including phenoxy) is 1. The van der Waals surface area contributed by atoms with Gasteiger partial charge < -0.3 is 15.4 Å². The third-order valence-corrected chi connectivity index (χ3v) is 2.98. The van der Waals surface area contributed by atoms with E-state index in [-0.39, 0.29) is 17.9 Å². The van der Waals surface area contributed by atoms with E-state index in [1.807, 2.05) is 30.3 Å². The first kappa shape index (κ1) is 16.2. The summed E-state index contributed by atoms with van der Waals surface area (Å²) < 4.78 is 4.87. The fraction of sp³-hybridized carbons (Fsp3) is 0.467. The van der Waals surface area contributed by atoms with Crippen molar-refractivity contribution in [3.05, 3.63) is 35.9 Å². The maximum absolute atomic E-state index is 11.7. The molecule has 0 aliphatic heterocycles. The fourth-order valence-electron chi connectivity index (χ4n) is 1.74. The number of carbonyl (C=O) groups is 1. The van der Waals surface area contributed by atoms with Crippen molar-refractivity contribution >= 4 is 5.91 Å². The lowest BCUT2D eigenvalue weighted by atomic mass is 10.0. The second-order valence-corrected chi connectivity index (χ2v) is 4.51. The minimum Gasteiger partial charge on any atom is -0.383 e. The SMILES string of the molecule is COCCNC(=O)C(C)NCC(C#N)c1ccccc1. The van der Waals surface area contributed by atoms with Crippen LogP contribution in [0.2, 0.25) is 0 Å². The first-order valence-corrected chi connectivity index (χ1v) is 6.63. The van der Waals surface area contributed by atoms with Gasteiger partial charge in [0.15, 0.2) is 0 Å². The largest absolute Gasteiger partial charge is 0.383 e. The highest BCUT2D eigenvalue weighted by molar-refractivity contribution is 5.81. The molecule has 0 fully saturated rings. The third kappa shape index (κ3) is 5.39. The quantitative estimate of drug-likeness (QED) is 0.695. The van der Waals surface area contributed by atoms with Crippen molar-refractivity contribution in [1.29, 1.82) is 5.26 Å². The molecule has 0 aliphatic carbocycles. The number of amides is 1. The van der Waals surface area contributed by atoms with Crippen LogP contribution in [0.5, 0.6) is 0 Å². The molecule has 2 unspecified atom stereocenters.